The van der Waals surface area contributed by atoms with Gasteiger partial charge in [-0.05, 0) is 6.92 Å². The van der Waals surface area contributed by atoms with Gasteiger partial charge in [-0.1, -0.05) is 11.6 Å². The van der Waals surface area contributed by atoms with Crippen molar-refractivity contribution in [2.75, 3.05) is 6.61 Å². The summed E-state index contributed by atoms with van der Waals surface area (Å²) in [6, 6.07) is 0. The summed E-state index contributed by atoms with van der Waals surface area (Å²) in [5.41, 5.74) is 0.155. The Bertz CT molecular complexity index is 482. The summed E-state index contributed by atoms with van der Waals surface area (Å²) in [5, 5.41) is 9.47. The smallest absolute Gasteiger partial charge is 0.264 e. The van der Waals surface area contributed by atoms with E-state index in [-0.39, 0.29) is 22.2 Å². The number of aliphatic hydroxyl groups is 1. The van der Waals surface area contributed by atoms with E-state index in [0.29, 0.717) is 0 Å². The van der Waals surface area contributed by atoms with Crippen molar-refractivity contribution in [3.05, 3.63) is 16.9 Å². The first-order valence-electron chi connectivity index (χ1n) is 4.38. The van der Waals surface area contributed by atoms with Crippen LogP contribution < -0.4 is 0 Å². The van der Waals surface area contributed by atoms with Crippen LogP contribution in [0, 0.1) is 0 Å². The van der Waals surface area contributed by atoms with E-state index in [1.165, 1.54) is 17.8 Å². The fourth-order valence-electron chi connectivity index (χ4n) is 1.27. The molecule has 0 aliphatic heterocycles. The minimum atomic E-state index is -3.93. The minimum Gasteiger partial charge on any atom is -0.363 e. The highest BCUT2D eigenvalue weighted by atomic mass is 35.7. The van der Waals surface area contributed by atoms with E-state index < -0.39 is 15.3 Å². The number of hydrogen-bond donors (Lipinski definition) is 1. The predicted octanol–water partition coefficient (Wildman–Crippen LogP) is 1.63. The summed E-state index contributed by atoms with van der Waals surface area (Å²) in [6.07, 6.45) is -0.0583. The van der Waals surface area contributed by atoms with Crippen LogP contribution in [0.25, 0.3) is 0 Å². The number of aryl methyl sites for hydroxylation is 1. The number of aromatic nitrogens is 1. The molecule has 0 aliphatic rings. The first kappa shape index (κ1) is 13.8. The molecule has 92 valence electrons. The highest BCUT2D eigenvalue weighted by molar-refractivity contribution is 8.13. The van der Waals surface area contributed by atoms with Gasteiger partial charge in [0.2, 0.25) is 0 Å². The topological polar surface area (TPSA) is 68.5 Å². The second-order valence-electron chi connectivity index (χ2n) is 3.05. The number of aliphatic hydroxyl groups excluding tert-OH is 1. The third-order valence-corrected chi connectivity index (χ3v) is 3.80. The monoisotopic (exact) mass is 287 g/mol. The van der Waals surface area contributed by atoms with E-state index in [0.717, 1.165) is 0 Å². The molecule has 1 aromatic rings. The van der Waals surface area contributed by atoms with Crippen LogP contribution in [0.4, 0.5) is 0 Å². The number of nitrogens with zero attached hydrogens (tertiary/aromatic N) is 1. The molecule has 5 nitrogen and oxygen atoms in total. The van der Waals surface area contributed by atoms with Gasteiger partial charge in [-0.2, -0.15) is 0 Å². The molecule has 16 heavy (non-hydrogen) atoms. The third-order valence-electron chi connectivity index (χ3n) is 1.95. The fraction of sp³-hybridized carbons (Fsp3) is 0.500. The second kappa shape index (κ2) is 4.93. The lowest BCUT2D eigenvalue weighted by atomic mass is 10.4. The molecule has 0 aromatic carbocycles. The quantitative estimate of drug-likeness (QED) is 0.675. The maximum absolute atomic E-state index is 11.1. The zero-order valence-electron chi connectivity index (χ0n) is 8.65. The van der Waals surface area contributed by atoms with E-state index in [1.807, 2.05) is 0 Å². The Labute approximate surface area is 103 Å². The van der Waals surface area contributed by atoms with Crippen molar-refractivity contribution < 1.29 is 18.3 Å². The zero-order valence-corrected chi connectivity index (χ0v) is 11.0. The highest BCUT2D eigenvalue weighted by Gasteiger charge is 2.25. The van der Waals surface area contributed by atoms with E-state index in [9.17, 15) is 13.5 Å². The minimum absolute atomic E-state index is 0.126. The maximum Gasteiger partial charge on any atom is 0.264 e. The summed E-state index contributed by atoms with van der Waals surface area (Å²) >= 11 is 5.82. The number of ether oxygens (including phenoxy) is 1. The van der Waals surface area contributed by atoms with Crippen molar-refractivity contribution in [2.45, 2.75) is 18.1 Å². The summed E-state index contributed by atoms with van der Waals surface area (Å²) in [5.74, 6) is 0. The molecular formula is C8H11Cl2NO4S. The zero-order chi connectivity index (χ0) is 12.5. The van der Waals surface area contributed by atoms with Gasteiger partial charge in [0, 0.05) is 30.5 Å². The first-order valence-corrected chi connectivity index (χ1v) is 7.06. The number of rotatable bonds is 4. The summed E-state index contributed by atoms with van der Waals surface area (Å²) in [6.45, 7) is 1.96. The predicted molar refractivity (Wildman–Crippen MR) is 60.0 cm³/mol. The van der Waals surface area contributed by atoms with Gasteiger partial charge in [-0.3, -0.25) is 0 Å². The molecule has 8 heteroatoms. The van der Waals surface area contributed by atoms with Gasteiger partial charge in [0.1, 0.15) is 4.90 Å². The van der Waals surface area contributed by atoms with Crippen LogP contribution >= 0.6 is 22.3 Å². The van der Waals surface area contributed by atoms with E-state index >= 15 is 0 Å². The van der Waals surface area contributed by atoms with E-state index in [4.69, 9.17) is 27.0 Å². The average Bonchev–Trinajstić information content (AvgIpc) is 2.41. The third kappa shape index (κ3) is 2.70. The number of halogens is 2. The molecule has 0 fully saturated rings. The number of hydrogen-bond acceptors (Lipinski definition) is 4. The molecule has 1 heterocycles. The average molecular weight is 288 g/mol. The Morgan fingerprint density at radius 1 is 1.62 bits per heavy atom. The molecule has 0 bridgehead atoms. The van der Waals surface area contributed by atoms with Crippen molar-refractivity contribution in [2.24, 2.45) is 7.05 Å². The normalized spacial score (nSPS) is 14.1. The molecule has 1 N–H and O–H groups in total. The van der Waals surface area contributed by atoms with Crippen LogP contribution in [0.2, 0.25) is 5.02 Å². The fourth-order valence-corrected chi connectivity index (χ4v) is 2.92. The van der Waals surface area contributed by atoms with Crippen molar-refractivity contribution in [3.8, 4) is 0 Å². The van der Waals surface area contributed by atoms with Crippen LogP contribution in [-0.2, 0) is 20.8 Å². The van der Waals surface area contributed by atoms with Crippen molar-refractivity contribution in [3.63, 3.8) is 0 Å². The Morgan fingerprint density at radius 3 is 2.56 bits per heavy atom. The second-order valence-corrected chi connectivity index (χ2v) is 5.96. The van der Waals surface area contributed by atoms with Crippen molar-refractivity contribution in [1.82, 2.24) is 4.57 Å². The van der Waals surface area contributed by atoms with Gasteiger partial charge >= 0.3 is 0 Å². The lowest BCUT2D eigenvalue weighted by Crippen LogP contribution is -2.07. The molecule has 0 spiro atoms. The SMILES string of the molecule is CCOC(O)c1c(Cl)c(S(=O)(=O)Cl)cn1C. The van der Waals surface area contributed by atoms with E-state index in [2.05, 4.69) is 0 Å². The Morgan fingerprint density at radius 2 is 2.19 bits per heavy atom. The van der Waals surface area contributed by atoms with Gasteiger partial charge in [-0.25, -0.2) is 8.42 Å². The molecule has 0 amide bonds. The van der Waals surface area contributed by atoms with Crippen molar-refractivity contribution in [1.29, 1.82) is 0 Å². The van der Waals surface area contributed by atoms with Gasteiger partial charge in [0.05, 0.1) is 10.7 Å². The lowest BCUT2D eigenvalue weighted by molar-refractivity contribution is -0.102. The molecular weight excluding hydrogens is 277 g/mol. The molecule has 1 rings (SSSR count). The largest absolute Gasteiger partial charge is 0.363 e. The Balaban J connectivity index is 3.28. The van der Waals surface area contributed by atoms with E-state index in [1.54, 1.807) is 6.92 Å². The molecule has 0 saturated heterocycles. The van der Waals surface area contributed by atoms with Gasteiger partial charge in [-0.15, -0.1) is 0 Å². The van der Waals surface area contributed by atoms with Crippen LogP contribution in [0.5, 0.6) is 0 Å². The van der Waals surface area contributed by atoms with Crippen molar-refractivity contribution >= 4 is 31.3 Å². The van der Waals surface area contributed by atoms with Gasteiger partial charge in [0.15, 0.2) is 6.29 Å². The Hall–Kier alpha value is -0.270. The maximum atomic E-state index is 11.1. The molecule has 1 unspecified atom stereocenters. The first-order chi connectivity index (χ1) is 7.29. The summed E-state index contributed by atoms with van der Waals surface area (Å²) in [7, 11) is 2.79. The highest BCUT2D eigenvalue weighted by Crippen LogP contribution is 2.33. The standard InChI is InChI=1S/C8H11Cl2NO4S/c1-3-15-8(12)7-6(9)5(4-11(7)2)16(10,13)14/h4,8,12H,3H2,1-2H3. The van der Waals surface area contributed by atoms with Crippen LogP contribution in [0.1, 0.15) is 18.9 Å². The molecule has 0 aliphatic carbocycles. The van der Waals surface area contributed by atoms with Crippen LogP contribution in [0.15, 0.2) is 11.1 Å². The molecule has 1 atom stereocenters. The molecule has 0 radical (unpaired) electrons. The van der Waals surface area contributed by atoms with Crippen LogP contribution in [0.3, 0.4) is 0 Å². The molecule has 1 aromatic heterocycles. The summed E-state index contributed by atoms with van der Waals surface area (Å²) in [4.78, 5) is -0.243. The Kier molecular flexibility index (Phi) is 4.25. The molecule has 0 saturated carbocycles. The lowest BCUT2D eigenvalue weighted by Gasteiger charge is -2.11. The summed E-state index contributed by atoms with van der Waals surface area (Å²) < 4.78 is 28.6. The van der Waals surface area contributed by atoms with Crippen LogP contribution in [-0.4, -0.2) is 24.7 Å². The van der Waals surface area contributed by atoms with Gasteiger partial charge < -0.3 is 14.4 Å². The van der Waals surface area contributed by atoms with Gasteiger partial charge in [0.25, 0.3) is 9.05 Å².